The number of carbonyl (C=O) groups is 2. The number of aliphatic carboxylic acids is 1. The van der Waals surface area contributed by atoms with E-state index in [0.717, 1.165) is 5.56 Å². The number of carbonyl (C=O) groups excluding carboxylic acids is 1. The average molecular weight is 431 g/mol. The van der Waals surface area contributed by atoms with Gasteiger partial charge in [0.05, 0.1) is 5.25 Å². The molecule has 1 aliphatic rings. The number of hydrogen-bond acceptors (Lipinski definition) is 4. The first-order valence-electron chi connectivity index (χ1n) is 9.93. The van der Waals surface area contributed by atoms with Gasteiger partial charge in [-0.3, -0.25) is 4.79 Å². The quantitative estimate of drug-likeness (QED) is 0.669. The summed E-state index contributed by atoms with van der Waals surface area (Å²) >= 11 is 0. The Labute approximate surface area is 176 Å². The fourth-order valence-electron chi connectivity index (χ4n) is 3.72. The van der Waals surface area contributed by atoms with Crippen LogP contribution in [-0.4, -0.2) is 48.3 Å². The highest BCUT2D eigenvalue weighted by atomic mass is 32.2. The van der Waals surface area contributed by atoms with Crippen molar-refractivity contribution in [3.63, 3.8) is 0 Å². The van der Waals surface area contributed by atoms with Crippen molar-refractivity contribution in [1.82, 2.24) is 9.62 Å². The van der Waals surface area contributed by atoms with Crippen molar-refractivity contribution in [2.24, 2.45) is 0 Å². The molecule has 0 spiro atoms. The summed E-state index contributed by atoms with van der Waals surface area (Å²) in [5, 5.41) is 11.3. The number of carboxylic acid groups (broad SMARTS) is 1. The zero-order valence-corrected chi connectivity index (χ0v) is 17.6. The maximum absolute atomic E-state index is 13.2. The molecule has 1 fully saturated rings. The Hall–Kier alpha value is -2.71. The molecule has 7 nitrogen and oxygen atoms in total. The number of benzene rings is 2. The van der Waals surface area contributed by atoms with Gasteiger partial charge in [0.15, 0.2) is 0 Å². The number of rotatable bonds is 8. The van der Waals surface area contributed by atoms with Crippen molar-refractivity contribution >= 4 is 21.9 Å². The topological polar surface area (TPSA) is 104 Å². The minimum Gasteiger partial charge on any atom is -0.480 e. The fraction of sp³-hybridized carbons (Fsp3) is 0.364. The lowest BCUT2D eigenvalue weighted by atomic mass is 10.1. The number of amides is 1. The lowest BCUT2D eigenvalue weighted by molar-refractivity contribution is -0.142. The van der Waals surface area contributed by atoms with Gasteiger partial charge in [-0.05, 0) is 30.9 Å². The summed E-state index contributed by atoms with van der Waals surface area (Å²) in [6.45, 7) is 1.85. The molecule has 2 unspecified atom stereocenters. The molecule has 160 valence electrons. The summed E-state index contributed by atoms with van der Waals surface area (Å²) in [4.78, 5) is 24.6. The van der Waals surface area contributed by atoms with Crippen molar-refractivity contribution in [3.05, 3.63) is 71.8 Å². The van der Waals surface area contributed by atoms with Gasteiger partial charge in [-0.25, -0.2) is 13.2 Å². The molecule has 0 radical (unpaired) electrons. The zero-order chi connectivity index (χ0) is 21.7. The third kappa shape index (κ3) is 4.88. The third-order valence-electron chi connectivity index (χ3n) is 5.45. The Bertz CT molecular complexity index is 979. The molecule has 1 amide bonds. The Morgan fingerprint density at radius 1 is 1.10 bits per heavy atom. The van der Waals surface area contributed by atoms with E-state index in [-0.39, 0.29) is 13.0 Å². The molecular weight excluding hydrogens is 404 g/mol. The molecule has 3 rings (SSSR count). The summed E-state index contributed by atoms with van der Waals surface area (Å²) in [6.07, 6.45) is 1.04. The molecule has 2 aromatic carbocycles. The van der Waals surface area contributed by atoms with Crippen LogP contribution in [0.4, 0.5) is 0 Å². The molecule has 1 aliphatic heterocycles. The fourth-order valence-corrected chi connectivity index (χ4v) is 5.57. The molecule has 2 aromatic rings. The van der Waals surface area contributed by atoms with E-state index in [2.05, 4.69) is 5.32 Å². The van der Waals surface area contributed by atoms with Crippen LogP contribution in [0.1, 0.15) is 36.1 Å². The van der Waals surface area contributed by atoms with E-state index < -0.39 is 39.2 Å². The molecule has 0 bridgehead atoms. The van der Waals surface area contributed by atoms with E-state index in [1.165, 1.54) is 4.31 Å². The first kappa shape index (κ1) is 22.0. The number of nitrogens with zero attached hydrogens (tertiary/aromatic N) is 1. The first-order chi connectivity index (χ1) is 14.3. The van der Waals surface area contributed by atoms with E-state index in [0.29, 0.717) is 18.4 Å². The van der Waals surface area contributed by atoms with Crippen LogP contribution in [0.25, 0.3) is 0 Å². The monoisotopic (exact) mass is 430 g/mol. The van der Waals surface area contributed by atoms with Crippen LogP contribution in [0.2, 0.25) is 0 Å². The van der Waals surface area contributed by atoms with Gasteiger partial charge in [-0.15, -0.1) is 0 Å². The van der Waals surface area contributed by atoms with Crippen molar-refractivity contribution in [1.29, 1.82) is 0 Å². The Morgan fingerprint density at radius 3 is 2.30 bits per heavy atom. The molecule has 3 atom stereocenters. The number of carboxylic acids is 1. The van der Waals surface area contributed by atoms with Crippen molar-refractivity contribution in [2.45, 2.75) is 43.5 Å². The highest BCUT2D eigenvalue weighted by Crippen LogP contribution is 2.31. The second-order valence-electron chi connectivity index (χ2n) is 7.46. The van der Waals surface area contributed by atoms with Gasteiger partial charge in [0.2, 0.25) is 15.9 Å². The Kier molecular flexibility index (Phi) is 6.89. The summed E-state index contributed by atoms with van der Waals surface area (Å²) in [5.41, 5.74) is 1.43. The third-order valence-corrected chi connectivity index (χ3v) is 7.70. The molecule has 0 aliphatic carbocycles. The number of sulfonamides is 1. The van der Waals surface area contributed by atoms with Gasteiger partial charge in [-0.1, -0.05) is 60.7 Å². The second-order valence-corrected chi connectivity index (χ2v) is 9.66. The van der Waals surface area contributed by atoms with E-state index >= 15 is 0 Å². The molecule has 0 saturated carbocycles. The van der Waals surface area contributed by atoms with Crippen molar-refractivity contribution in [2.75, 3.05) is 6.54 Å². The molecule has 0 aromatic heterocycles. The van der Waals surface area contributed by atoms with E-state index in [4.69, 9.17) is 0 Å². The standard InChI is InChI=1S/C22H26N2O5S/c1-16(18-11-6-3-7-12-18)30(28,29)24-14-8-13-20(24)21(25)23-19(22(26)27)15-17-9-4-2-5-10-17/h2-7,9-12,16,19-20H,8,13-15H2,1H3,(H,23,25)(H,26,27)/t16?,19?,20-/m0/s1. The maximum atomic E-state index is 13.2. The Morgan fingerprint density at radius 2 is 1.70 bits per heavy atom. The van der Waals surface area contributed by atoms with Crippen LogP contribution in [0.5, 0.6) is 0 Å². The SMILES string of the molecule is CC(c1ccccc1)S(=O)(=O)N1CCC[C@H]1C(=O)NC(Cc1ccccc1)C(=O)O. The molecule has 8 heteroatoms. The summed E-state index contributed by atoms with van der Waals surface area (Å²) in [5.74, 6) is -1.73. The molecule has 1 heterocycles. The number of hydrogen-bond donors (Lipinski definition) is 2. The van der Waals surface area contributed by atoms with Gasteiger partial charge in [0, 0.05) is 13.0 Å². The first-order valence-corrected chi connectivity index (χ1v) is 11.4. The second kappa shape index (κ2) is 9.40. The Balaban J connectivity index is 1.75. The van der Waals surface area contributed by atoms with Crippen molar-refractivity contribution in [3.8, 4) is 0 Å². The van der Waals surface area contributed by atoms with Crippen molar-refractivity contribution < 1.29 is 23.1 Å². The highest BCUT2D eigenvalue weighted by molar-refractivity contribution is 7.89. The van der Waals surface area contributed by atoms with Gasteiger partial charge in [0.1, 0.15) is 12.1 Å². The van der Waals surface area contributed by atoms with Crippen LogP contribution in [0.3, 0.4) is 0 Å². The van der Waals surface area contributed by atoms with Gasteiger partial charge >= 0.3 is 5.97 Å². The van der Waals surface area contributed by atoms with Crippen LogP contribution < -0.4 is 5.32 Å². The molecule has 2 N–H and O–H groups in total. The minimum atomic E-state index is -3.78. The molecule has 1 saturated heterocycles. The molecule has 30 heavy (non-hydrogen) atoms. The van der Waals surface area contributed by atoms with E-state index in [1.807, 2.05) is 12.1 Å². The summed E-state index contributed by atoms with van der Waals surface area (Å²) < 4.78 is 27.6. The van der Waals surface area contributed by atoms with Crippen LogP contribution in [0.15, 0.2) is 60.7 Å². The van der Waals surface area contributed by atoms with Gasteiger partial charge in [-0.2, -0.15) is 4.31 Å². The lowest BCUT2D eigenvalue weighted by Crippen LogP contribution is -2.51. The van der Waals surface area contributed by atoms with Gasteiger partial charge in [0.25, 0.3) is 0 Å². The summed E-state index contributed by atoms with van der Waals surface area (Å²) in [6, 6.07) is 15.8. The summed E-state index contributed by atoms with van der Waals surface area (Å²) in [7, 11) is -3.78. The lowest BCUT2D eigenvalue weighted by Gasteiger charge is -2.27. The van der Waals surface area contributed by atoms with E-state index in [9.17, 15) is 23.1 Å². The zero-order valence-electron chi connectivity index (χ0n) is 16.8. The predicted octanol–water partition coefficient (Wildman–Crippen LogP) is 2.35. The molecular formula is C22H26N2O5S. The van der Waals surface area contributed by atoms with Crippen LogP contribution in [-0.2, 0) is 26.0 Å². The largest absolute Gasteiger partial charge is 0.480 e. The normalized spacial score (nSPS) is 19.2. The average Bonchev–Trinajstić information content (AvgIpc) is 3.25. The van der Waals surface area contributed by atoms with Gasteiger partial charge < -0.3 is 10.4 Å². The van der Waals surface area contributed by atoms with E-state index in [1.54, 1.807) is 55.5 Å². The predicted molar refractivity (Wildman–Crippen MR) is 113 cm³/mol. The number of nitrogens with one attached hydrogen (secondary N) is 1. The van der Waals surface area contributed by atoms with Crippen LogP contribution in [0, 0.1) is 0 Å². The van der Waals surface area contributed by atoms with Crippen LogP contribution >= 0.6 is 0 Å². The minimum absolute atomic E-state index is 0.127. The maximum Gasteiger partial charge on any atom is 0.326 e. The highest BCUT2D eigenvalue weighted by Gasteiger charge is 2.42. The smallest absolute Gasteiger partial charge is 0.326 e.